The minimum atomic E-state index is -3.72. The number of pyridine rings is 1. The molecule has 5 nitrogen and oxygen atoms in total. The molecule has 1 aliphatic heterocycles. The van der Waals surface area contributed by atoms with Crippen LogP contribution in [0.1, 0.15) is 6.42 Å². The highest BCUT2D eigenvalue weighted by atomic mass is 35.5. The molecule has 1 aromatic carbocycles. The molecular weight excluding hydrogens is 440 g/mol. The Kier molecular flexibility index (Phi) is 6.22. The average molecular weight is 455 g/mol. The zero-order valence-electron chi connectivity index (χ0n) is 13.5. The molecule has 0 N–H and O–H groups in total. The van der Waals surface area contributed by atoms with Gasteiger partial charge in [-0.05, 0) is 24.6 Å². The fourth-order valence-electron chi connectivity index (χ4n) is 2.89. The first kappa shape index (κ1) is 20.0. The van der Waals surface area contributed by atoms with E-state index in [1.54, 1.807) is 0 Å². The van der Waals surface area contributed by atoms with Crippen LogP contribution in [-0.4, -0.2) is 43.9 Å². The fraction of sp³-hybridized carbons (Fsp3) is 0.312. The SMILES string of the molecule is O=S(=O)(c1ccc(Cl)cc1Cl)N1CCCN(c2c(Cl)cncc2Cl)CC1. The summed E-state index contributed by atoms with van der Waals surface area (Å²) in [6.45, 7) is 1.74. The topological polar surface area (TPSA) is 53.5 Å². The minimum Gasteiger partial charge on any atom is -0.368 e. The Hall–Kier alpha value is -0.760. The second-order valence-corrected chi connectivity index (χ2v) is 9.34. The third-order valence-corrected chi connectivity index (χ3v) is 7.28. The molecule has 140 valence electrons. The lowest BCUT2D eigenvalue weighted by Gasteiger charge is -2.25. The predicted molar refractivity (Wildman–Crippen MR) is 106 cm³/mol. The highest BCUT2D eigenvalue weighted by Crippen LogP contribution is 2.34. The molecule has 0 saturated carbocycles. The van der Waals surface area contributed by atoms with E-state index in [0.29, 0.717) is 46.8 Å². The molecule has 1 aromatic heterocycles. The zero-order chi connectivity index (χ0) is 18.9. The Bertz CT molecular complexity index is 903. The zero-order valence-corrected chi connectivity index (χ0v) is 17.3. The van der Waals surface area contributed by atoms with E-state index in [1.165, 1.54) is 34.9 Å². The average Bonchev–Trinajstić information content (AvgIpc) is 2.81. The molecule has 10 heteroatoms. The first-order valence-electron chi connectivity index (χ1n) is 7.80. The van der Waals surface area contributed by atoms with Crippen LogP contribution in [0.3, 0.4) is 0 Å². The molecule has 1 saturated heterocycles. The molecule has 2 aromatic rings. The number of aromatic nitrogens is 1. The summed E-state index contributed by atoms with van der Waals surface area (Å²) in [6, 6.07) is 4.37. The summed E-state index contributed by atoms with van der Waals surface area (Å²) >= 11 is 24.4. The van der Waals surface area contributed by atoms with Gasteiger partial charge in [-0.15, -0.1) is 0 Å². The summed E-state index contributed by atoms with van der Waals surface area (Å²) in [7, 11) is -3.72. The number of hydrogen-bond donors (Lipinski definition) is 0. The number of halogens is 4. The molecule has 0 spiro atoms. The Labute approximate surface area is 172 Å². The maximum atomic E-state index is 13.0. The molecule has 0 aliphatic carbocycles. The van der Waals surface area contributed by atoms with Crippen molar-refractivity contribution >= 4 is 62.1 Å². The van der Waals surface area contributed by atoms with E-state index in [1.807, 2.05) is 4.90 Å². The van der Waals surface area contributed by atoms with E-state index in [2.05, 4.69) is 4.98 Å². The molecule has 0 unspecified atom stereocenters. The van der Waals surface area contributed by atoms with Gasteiger partial charge in [-0.1, -0.05) is 46.4 Å². The molecule has 1 aliphatic rings. The van der Waals surface area contributed by atoms with Gasteiger partial charge in [0.15, 0.2) is 0 Å². The van der Waals surface area contributed by atoms with E-state index in [0.717, 1.165) is 0 Å². The molecule has 0 amide bonds. The molecular formula is C16H15Cl4N3O2S. The maximum absolute atomic E-state index is 13.0. The van der Waals surface area contributed by atoms with E-state index in [-0.39, 0.29) is 16.5 Å². The van der Waals surface area contributed by atoms with Crippen molar-refractivity contribution in [3.63, 3.8) is 0 Å². The van der Waals surface area contributed by atoms with Gasteiger partial charge in [-0.25, -0.2) is 8.42 Å². The van der Waals surface area contributed by atoms with Gasteiger partial charge in [-0.3, -0.25) is 4.98 Å². The van der Waals surface area contributed by atoms with E-state index < -0.39 is 10.0 Å². The van der Waals surface area contributed by atoms with Gasteiger partial charge in [0.25, 0.3) is 0 Å². The number of anilines is 1. The lowest BCUT2D eigenvalue weighted by atomic mass is 10.3. The van der Waals surface area contributed by atoms with Crippen molar-refractivity contribution in [3.05, 3.63) is 50.7 Å². The van der Waals surface area contributed by atoms with Crippen LogP contribution < -0.4 is 4.90 Å². The second kappa shape index (κ2) is 8.09. The molecule has 3 rings (SSSR count). The summed E-state index contributed by atoms with van der Waals surface area (Å²) in [6.07, 6.45) is 3.67. The van der Waals surface area contributed by atoms with Gasteiger partial charge in [-0.2, -0.15) is 4.31 Å². The smallest absolute Gasteiger partial charge is 0.244 e. The lowest BCUT2D eigenvalue weighted by molar-refractivity contribution is 0.433. The highest BCUT2D eigenvalue weighted by molar-refractivity contribution is 7.89. The van der Waals surface area contributed by atoms with E-state index >= 15 is 0 Å². The third-order valence-electron chi connectivity index (χ3n) is 4.11. The molecule has 0 atom stereocenters. The van der Waals surface area contributed by atoms with Gasteiger partial charge in [0.05, 0.1) is 20.8 Å². The largest absolute Gasteiger partial charge is 0.368 e. The molecule has 0 radical (unpaired) electrons. The quantitative estimate of drug-likeness (QED) is 0.680. The van der Waals surface area contributed by atoms with Crippen LogP contribution in [-0.2, 0) is 10.0 Å². The Morgan fingerprint density at radius 2 is 1.58 bits per heavy atom. The van der Waals surface area contributed by atoms with Gasteiger partial charge in [0.1, 0.15) is 4.90 Å². The molecule has 26 heavy (non-hydrogen) atoms. The van der Waals surface area contributed by atoms with Crippen molar-refractivity contribution in [1.29, 1.82) is 0 Å². The van der Waals surface area contributed by atoms with Crippen molar-refractivity contribution in [2.75, 3.05) is 31.1 Å². The number of hydrogen-bond acceptors (Lipinski definition) is 4. The summed E-state index contributed by atoms with van der Waals surface area (Å²) in [5.41, 5.74) is 0.673. The predicted octanol–water partition coefficient (Wildman–Crippen LogP) is 4.60. The summed E-state index contributed by atoms with van der Waals surface area (Å²) in [5, 5.41) is 1.38. The van der Waals surface area contributed by atoms with Crippen LogP contribution >= 0.6 is 46.4 Å². The van der Waals surface area contributed by atoms with Crippen LogP contribution in [0.25, 0.3) is 0 Å². The third kappa shape index (κ3) is 4.06. The first-order chi connectivity index (χ1) is 12.3. The maximum Gasteiger partial charge on any atom is 0.244 e. The van der Waals surface area contributed by atoms with Crippen LogP contribution in [0.15, 0.2) is 35.5 Å². The summed E-state index contributed by atoms with van der Waals surface area (Å²) in [4.78, 5) is 5.98. The van der Waals surface area contributed by atoms with Crippen molar-refractivity contribution in [2.45, 2.75) is 11.3 Å². The van der Waals surface area contributed by atoms with E-state index in [9.17, 15) is 8.42 Å². The van der Waals surface area contributed by atoms with Crippen molar-refractivity contribution in [3.8, 4) is 0 Å². The second-order valence-electron chi connectivity index (χ2n) is 5.77. The van der Waals surface area contributed by atoms with Gasteiger partial charge in [0, 0.05) is 43.6 Å². The monoisotopic (exact) mass is 453 g/mol. The van der Waals surface area contributed by atoms with Crippen LogP contribution in [0.5, 0.6) is 0 Å². The summed E-state index contributed by atoms with van der Waals surface area (Å²) < 4.78 is 27.4. The molecule has 2 heterocycles. The number of nitrogens with zero attached hydrogens (tertiary/aromatic N) is 3. The molecule has 1 fully saturated rings. The fourth-order valence-corrected chi connectivity index (χ4v) is 5.71. The van der Waals surface area contributed by atoms with Gasteiger partial charge in [0.2, 0.25) is 10.0 Å². The summed E-state index contributed by atoms with van der Waals surface area (Å²) in [5.74, 6) is 0. The van der Waals surface area contributed by atoms with E-state index in [4.69, 9.17) is 46.4 Å². The van der Waals surface area contributed by atoms with Crippen LogP contribution in [0, 0.1) is 0 Å². The highest BCUT2D eigenvalue weighted by Gasteiger charge is 2.29. The van der Waals surface area contributed by atoms with Crippen LogP contribution in [0.4, 0.5) is 5.69 Å². The Balaban J connectivity index is 1.84. The number of sulfonamides is 1. The Morgan fingerprint density at radius 1 is 0.885 bits per heavy atom. The number of rotatable bonds is 3. The van der Waals surface area contributed by atoms with Crippen molar-refractivity contribution in [2.24, 2.45) is 0 Å². The standard InChI is InChI=1S/C16H15Cl4N3O2S/c17-11-2-3-15(12(18)8-11)26(24,25)23-5-1-4-22(6-7-23)16-13(19)9-21-10-14(16)20/h2-3,8-10H,1,4-7H2. The lowest BCUT2D eigenvalue weighted by Crippen LogP contribution is -2.35. The van der Waals surface area contributed by atoms with Gasteiger partial charge < -0.3 is 4.90 Å². The minimum absolute atomic E-state index is 0.0528. The number of benzene rings is 1. The molecule has 0 bridgehead atoms. The Morgan fingerprint density at radius 3 is 2.23 bits per heavy atom. The van der Waals surface area contributed by atoms with Crippen molar-refractivity contribution < 1.29 is 8.42 Å². The van der Waals surface area contributed by atoms with Gasteiger partial charge >= 0.3 is 0 Å². The first-order valence-corrected chi connectivity index (χ1v) is 10.7. The van der Waals surface area contributed by atoms with Crippen LogP contribution in [0.2, 0.25) is 20.1 Å². The normalized spacial score (nSPS) is 16.5. The van der Waals surface area contributed by atoms with Crippen molar-refractivity contribution in [1.82, 2.24) is 9.29 Å².